The molecule has 0 aliphatic carbocycles. The van der Waals surface area contributed by atoms with Gasteiger partial charge in [0.2, 0.25) is 5.91 Å². The van der Waals surface area contributed by atoms with Crippen LogP contribution < -0.4 is 10.9 Å². The number of nitrogens with one attached hydrogen (secondary N) is 1. The van der Waals surface area contributed by atoms with Gasteiger partial charge in [0.1, 0.15) is 4.83 Å². The third-order valence-electron chi connectivity index (χ3n) is 4.47. The number of pyridine rings is 1. The predicted molar refractivity (Wildman–Crippen MR) is 123 cm³/mol. The number of aryl methyl sites for hydroxylation is 2. The Labute approximate surface area is 191 Å². The monoisotopic (exact) mass is 486 g/mol. The summed E-state index contributed by atoms with van der Waals surface area (Å²) in [5.41, 5.74) is 0.806. The number of carbonyl (C=O) groups excluding carboxylic acids is 1. The second kappa shape index (κ2) is 9.65. The van der Waals surface area contributed by atoms with Crippen LogP contribution in [-0.2, 0) is 16.1 Å². The maximum atomic E-state index is 13.1. The number of amides is 1. The highest BCUT2D eigenvalue weighted by atomic mass is 35.5. The average Bonchev–Trinajstić information content (AvgIpc) is 2.97. The van der Waals surface area contributed by atoms with Gasteiger partial charge in [-0.15, -0.1) is 11.3 Å². The summed E-state index contributed by atoms with van der Waals surface area (Å²) in [6.07, 6.45) is 1.40. The van der Waals surface area contributed by atoms with Gasteiger partial charge in [0.15, 0.2) is 11.0 Å². The number of fused-ring (bicyclic) bond motifs is 1. The molecule has 3 aromatic rings. The molecule has 7 nitrogen and oxygen atoms in total. The van der Waals surface area contributed by atoms with Crippen molar-refractivity contribution >= 4 is 68.2 Å². The summed E-state index contributed by atoms with van der Waals surface area (Å²) in [4.78, 5) is 36.2. The summed E-state index contributed by atoms with van der Waals surface area (Å²) in [5, 5.41) is 3.83. The summed E-state index contributed by atoms with van der Waals surface area (Å²) < 4.78 is 6.71. The zero-order valence-electron chi connectivity index (χ0n) is 16.8. The number of nitrogens with zero attached hydrogens (tertiary/aromatic N) is 3. The Balaban J connectivity index is 1.91. The fourth-order valence-corrected chi connectivity index (χ4v) is 5.15. The second-order valence-corrected chi connectivity index (χ2v) is 9.90. The number of hydrogen-bond donors (Lipinski definition) is 1. The molecule has 1 N–H and O–H groups in total. The van der Waals surface area contributed by atoms with Crippen LogP contribution in [0.4, 0.5) is 5.82 Å². The number of ether oxygens (including phenoxy) is 1. The van der Waals surface area contributed by atoms with Crippen molar-refractivity contribution in [3.8, 4) is 0 Å². The minimum absolute atomic E-state index is 0.128. The van der Waals surface area contributed by atoms with Gasteiger partial charge in [-0.3, -0.25) is 14.2 Å². The maximum absolute atomic E-state index is 13.1. The molecule has 30 heavy (non-hydrogen) atoms. The lowest BCUT2D eigenvalue weighted by Gasteiger charge is -2.15. The van der Waals surface area contributed by atoms with Crippen molar-refractivity contribution in [1.29, 1.82) is 0 Å². The highest BCUT2D eigenvalue weighted by Gasteiger charge is 2.22. The molecule has 1 atom stereocenters. The molecular formula is C19H20Cl2N4O3S2. The molecule has 0 saturated heterocycles. The minimum Gasteiger partial charge on any atom is -0.383 e. The number of halogens is 2. The van der Waals surface area contributed by atoms with Crippen molar-refractivity contribution in [1.82, 2.24) is 14.5 Å². The summed E-state index contributed by atoms with van der Waals surface area (Å²) in [7, 11) is 1.57. The zero-order chi connectivity index (χ0) is 22.0. The molecule has 0 aliphatic rings. The van der Waals surface area contributed by atoms with E-state index < -0.39 is 5.25 Å². The number of aromatic nitrogens is 3. The topological polar surface area (TPSA) is 86.1 Å². The quantitative estimate of drug-likeness (QED) is 0.389. The number of thioether (sulfide) groups is 1. The Morgan fingerprint density at radius 1 is 1.40 bits per heavy atom. The van der Waals surface area contributed by atoms with E-state index in [1.165, 1.54) is 35.4 Å². The highest BCUT2D eigenvalue weighted by Crippen LogP contribution is 2.30. The van der Waals surface area contributed by atoms with Gasteiger partial charge >= 0.3 is 0 Å². The van der Waals surface area contributed by atoms with E-state index in [-0.39, 0.29) is 22.3 Å². The van der Waals surface area contributed by atoms with Crippen LogP contribution in [0, 0.1) is 13.8 Å². The van der Waals surface area contributed by atoms with Crippen LogP contribution in [0.25, 0.3) is 10.2 Å². The van der Waals surface area contributed by atoms with Crippen LogP contribution in [0.1, 0.15) is 17.4 Å². The number of anilines is 1. The first kappa shape index (κ1) is 23.0. The van der Waals surface area contributed by atoms with Gasteiger partial charge in [-0.25, -0.2) is 9.97 Å². The first-order valence-corrected chi connectivity index (χ1v) is 11.5. The highest BCUT2D eigenvalue weighted by molar-refractivity contribution is 8.00. The van der Waals surface area contributed by atoms with Gasteiger partial charge in [0.05, 0.1) is 33.8 Å². The molecule has 0 spiro atoms. The van der Waals surface area contributed by atoms with Crippen LogP contribution in [0.2, 0.25) is 10.0 Å². The first-order chi connectivity index (χ1) is 14.2. The summed E-state index contributed by atoms with van der Waals surface area (Å²) in [5.74, 6) is -0.0916. The normalized spacial score (nSPS) is 12.3. The van der Waals surface area contributed by atoms with E-state index >= 15 is 0 Å². The molecule has 11 heteroatoms. The molecule has 3 heterocycles. The third-order valence-corrected chi connectivity index (χ3v) is 7.16. The zero-order valence-corrected chi connectivity index (χ0v) is 19.9. The number of rotatable bonds is 7. The maximum Gasteiger partial charge on any atom is 0.263 e. The standard InChI is InChI=1S/C19H20Cl2N4O3S2/c1-9-10(2)29-17-14(9)18(27)25(5-6-28-4)19(24-17)30-11(3)16(26)23-15-13(21)7-12(20)8-22-15/h7-8,11H,5-6H2,1-4H3,(H,22,23,26). The fraction of sp³-hybridized carbons (Fsp3) is 0.368. The van der Waals surface area contributed by atoms with E-state index in [2.05, 4.69) is 15.3 Å². The van der Waals surface area contributed by atoms with Gasteiger partial charge in [-0.05, 0) is 32.4 Å². The molecule has 3 aromatic heterocycles. The van der Waals surface area contributed by atoms with E-state index in [0.717, 1.165) is 10.4 Å². The van der Waals surface area contributed by atoms with Crippen molar-refractivity contribution in [2.45, 2.75) is 37.7 Å². The number of methoxy groups -OCH3 is 1. The first-order valence-electron chi connectivity index (χ1n) is 9.01. The molecule has 0 radical (unpaired) electrons. The van der Waals surface area contributed by atoms with Crippen LogP contribution in [0.15, 0.2) is 22.2 Å². The Hall–Kier alpha value is -1.65. The summed E-state index contributed by atoms with van der Waals surface area (Å²) >= 11 is 14.6. The average molecular weight is 487 g/mol. The largest absolute Gasteiger partial charge is 0.383 e. The Morgan fingerprint density at radius 2 is 2.13 bits per heavy atom. The SMILES string of the molecule is COCCn1c(SC(C)C(=O)Nc2ncc(Cl)cc2Cl)nc2sc(C)c(C)c2c1=O. The number of hydrogen-bond acceptors (Lipinski definition) is 7. The van der Waals surface area contributed by atoms with Crippen LogP contribution in [0.3, 0.4) is 0 Å². The lowest BCUT2D eigenvalue weighted by molar-refractivity contribution is -0.115. The van der Waals surface area contributed by atoms with Gasteiger partial charge in [-0.2, -0.15) is 0 Å². The smallest absolute Gasteiger partial charge is 0.263 e. The van der Waals surface area contributed by atoms with E-state index in [1.807, 2.05) is 13.8 Å². The van der Waals surface area contributed by atoms with Crippen LogP contribution in [0.5, 0.6) is 0 Å². The summed E-state index contributed by atoms with van der Waals surface area (Å²) in [6, 6.07) is 1.50. The van der Waals surface area contributed by atoms with E-state index in [4.69, 9.17) is 27.9 Å². The molecule has 0 aromatic carbocycles. The van der Waals surface area contributed by atoms with Crippen molar-refractivity contribution in [2.24, 2.45) is 0 Å². The molecule has 0 bridgehead atoms. The molecule has 0 saturated carbocycles. The number of thiophene rings is 1. The molecule has 1 amide bonds. The van der Waals surface area contributed by atoms with E-state index in [9.17, 15) is 9.59 Å². The van der Waals surface area contributed by atoms with Crippen molar-refractivity contribution in [2.75, 3.05) is 19.0 Å². The number of carbonyl (C=O) groups is 1. The Morgan fingerprint density at radius 3 is 2.80 bits per heavy atom. The molecule has 3 rings (SSSR count). The van der Waals surface area contributed by atoms with E-state index in [1.54, 1.807) is 18.6 Å². The third kappa shape index (κ3) is 4.81. The fourth-order valence-electron chi connectivity index (χ4n) is 2.71. The van der Waals surface area contributed by atoms with E-state index in [0.29, 0.717) is 33.5 Å². The van der Waals surface area contributed by atoms with Crippen LogP contribution in [-0.4, -0.2) is 39.4 Å². The molecule has 1 unspecified atom stereocenters. The molecule has 160 valence electrons. The molecule has 0 aliphatic heterocycles. The predicted octanol–water partition coefficient (Wildman–Crippen LogP) is 4.54. The Bertz CT molecular complexity index is 1160. The van der Waals surface area contributed by atoms with Crippen molar-refractivity contribution in [3.63, 3.8) is 0 Å². The molecular weight excluding hydrogens is 467 g/mol. The van der Waals surface area contributed by atoms with Crippen LogP contribution >= 0.6 is 46.3 Å². The lowest BCUT2D eigenvalue weighted by Crippen LogP contribution is -2.28. The molecule has 0 fully saturated rings. The van der Waals surface area contributed by atoms with Crippen molar-refractivity contribution in [3.05, 3.63) is 43.1 Å². The second-order valence-electron chi connectivity index (χ2n) is 6.54. The lowest BCUT2D eigenvalue weighted by atomic mass is 10.2. The minimum atomic E-state index is -0.557. The van der Waals surface area contributed by atoms with Gasteiger partial charge in [-0.1, -0.05) is 35.0 Å². The van der Waals surface area contributed by atoms with Gasteiger partial charge < -0.3 is 10.1 Å². The van der Waals surface area contributed by atoms with Gasteiger partial charge in [0, 0.05) is 18.2 Å². The van der Waals surface area contributed by atoms with Gasteiger partial charge in [0.25, 0.3) is 5.56 Å². The summed E-state index contributed by atoms with van der Waals surface area (Å²) in [6.45, 7) is 6.31. The van der Waals surface area contributed by atoms with Crippen molar-refractivity contribution < 1.29 is 9.53 Å². The Kier molecular flexibility index (Phi) is 7.41.